The summed E-state index contributed by atoms with van der Waals surface area (Å²) in [6, 6.07) is 5.27. The molecule has 3 rings (SSSR count). The highest BCUT2D eigenvalue weighted by Crippen LogP contribution is 2.20. The molecule has 0 saturated heterocycles. The van der Waals surface area contributed by atoms with Gasteiger partial charge in [0.05, 0.1) is 0 Å². The average molecular weight is 374 g/mol. The minimum absolute atomic E-state index is 0.0240. The van der Waals surface area contributed by atoms with Crippen LogP contribution in [0, 0.1) is 11.7 Å². The molecule has 1 aromatic heterocycles. The molecule has 0 amide bonds. The van der Waals surface area contributed by atoms with Gasteiger partial charge in [0, 0.05) is 18.3 Å². The second-order valence-electron chi connectivity index (χ2n) is 6.65. The van der Waals surface area contributed by atoms with Gasteiger partial charge in [-0.25, -0.2) is 22.9 Å². The van der Waals surface area contributed by atoms with Gasteiger partial charge in [0.25, 0.3) is 0 Å². The Morgan fingerprint density at radius 2 is 2.07 bits per heavy atom. The van der Waals surface area contributed by atoms with E-state index in [0.717, 1.165) is 4.57 Å². The van der Waals surface area contributed by atoms with Gasteiger partial charge >= 0.3 is 11.4 Å². The molecule has 0 bridgehead atoms. The number of nitrogens with zero attached hydrogens (tertiary/aromatic N) is 3. The molecule has 2 aromatic rings. The molecule has 0 saturated carbocycles. The van der Waals surface area contributed by atoms with E-state index in [-0.39, 0.29) is 30.3 Å². The lowest BCUT2D eigenvalue weighted by molar-refractivity contribution is 0.446. The topological polar surface area (TPSA) is 68.9 Å². The first-order chi connectivity index (χ1) is 12.8. The molecule has 142 valence electrons. The molecule has 1 aliphatic rings. The Morgan fingerprint density at radius 3 is 2.70 bits per heavy atom. The van der Waals surface area contributed by atoms with Crippen molar-refractivity contribution in [3.8, 4) is 0 Å². The number of halogens is 2. The summed E-state index contributed by atoms with van der Waals surface area (Å²) >= 11 is 0. The van der Waals surface area contributed by atoms with Crippen molar-refractivity contribution in [2.75, 3.05) is 5.32 Å². The highest BCUT2D eigenvalue weighted by molar-refractivity contribution is 5.53. The number of aromatic nitrogens is 3. The number of benzene rings is 1. The second-order valence-corrected chi connectivity index (χ2v) is 6.65. The van der Waals surface area contributed by atoms with Crippen LogP contribution in [0.3, 0.4) is 0 Å². The lowest BCUT2D eigenvalue weighted by Crippen LogP contribution is -2.44. The number of rotatable bonds is 5. The zero-order valence-electron chi connectivity index (χ0n) is 15.0. The van der Waals surface area contributed by atoms with Gasteiger partial charge in [0.1, 0.15) is 11.6 Å². The van der Waals surface area contributed by atoms with Crippen molar-refractivity contribution >= 4 is 11.6 Å². The number of anilines is 2. The number of allylic oxidation sites excluding steroid dienone is 4. The fourth-order valence-corrected chi connectivity index (χ4v) is 2.91. The van der Waals surface area contributed by atoms with Crippen molar-refractivity contribution in [1.29, 1.82) is 0 Å². The molecular weight excluding hydrogens is 354 g/mol. The fraction of sp³-hybridized carbons (Fsp3) is 0.316. The van der Waals surface area contributed by atoms with Crippen molar-refractivity contribution in [2.24, 2.45) is 5.92 Å². The van der Waals surface area contributed by atoms with Crippen LogP contribution in [-0.4, -0.2) is 14.1 Å². The number of hydrogen-bond donors (Lipinski definition) is 1. The average Bonchev–Trinajstić information content (AvgIpc) is 2.59. The van der Waals surface area contributed by atoms with Crippen LogP contribution in [0.1, 0.15) is 26.3 Å². The van der Waals surface area contributed by atoms with Gasteiger partial charge in [-0.1, -0.05) is 12.1 Å². The molecule has 0 spiro atoms. The molecule has 0 fully saturated rings. The molecule has 0 radical (unpaired) electrons. The Balaban J connectivity index is 2.04. The summed E-state index contributed by atoms with van der Waals surface area (Å²) in [4.78, 5) is 29.2. The summed E-state index contributed by atoms with van der Waals surface area (Å²) in [5, 5.41) is 2.84. The van der Waals surface area contributed by atoms with Crippen molar-refractivity contribution in [2.45, 2.75) is 32.9 Å². The highest BCUT2D eigenvalue weighted by atomic mass is 19.1. The molecule has 8 heteroatoms. The molecule has 6 nitrogen and oxygen atoms in total. The van der Waals surface area contributed by atoms with Crippen LogP contribution in [0.25, 0.3) is 0 Å². The monoisotopic (exact) mass is 374 g/mol. The molecule has 1 heterocycles. The number of hydrogen-bond acceptors (Lipinski definition) is 4. The van der Waals surface area contributed by atoms with Gasteiger partial charge in [-0.15, -0.1) is 0 Å². The predicted molar refractivity (Wildman–Crippen MR) is 99.3 cm³/mol. The Morgan fingerprint density at radius 1 is 1.30 bits per heavy atom. The van der Waals surface area contributed by atoms with Gasteiger partial charge in [-0.2, -0.15) is 4.98 Å². The van der Waals surface area contributed by atoms with E-state index in [2.05, 4.69) is 10.3 Å². The molecule has 27 heavy (non-hydrogen) atoms. The van der Waals surface area contributed by atoms with Crippen LogP contribution in [0.5, 0.6) is 0 Å². The third-order valence-electron chi connectivity index (χ3n) is 4.26. The number of nitrogens with one attached hydrogen (secondary N) is 1. The third-order valence-corrected chi connectivity index (χ3v) is 4.26. The lowest BCUT2D eigenvalue weighted by Gasteiger charge is -2.20. The Hall–Kier alpha value is -3.03. The van der Waals surface area contributed by atoms with Crippen LogP contribution >= 0.6 is 0 Å². The maximum Gasteiger partial charge on any atom is 0.355 e. The van der Waals surface area contributed by atoms with Gasteiger partial charge < -0.3 is 5.32 Å². The summed E-state index contributed by atoms with van der Waals surface area (Å²) in [6.07, 6.45) is 4.90. The summed E-state index contributed by atoms with van der Waals surface area (Å²) in [5.41, 5.74) is -0.843. The summed E-state index contributed by atoms with van der Waals surface area (Å²) in [5.74, 6) is -0.881. The van der Waals surface area contributed by atoms with Crippen molar-refractivity contribution in [1.82, 2.24) is 14.1 Å². The van der Waals surface area contributed by atoms with Crippen molar-refractivity contribution in [3.05, 3.63) is 75.1 Å². The van der Waals surface area contributed by atoms with Crippen molar-refractivity contribution in [3.63, 3.8) is 0 Å². The Kier molecular flexibility index (Phi) is 5.34. The van der Waals surface area contributed by atoms with Crippen LogP contribution in [0.4, 0.5) is 20.4 Å². The van der Waals surface area contributed by atoms with Gasteiger partial charge in [0.2, 0.25) is 5.95 Å². The minimum atomic E-state index is -0.685. The molecule has 1 N–H and O–H groups in total. The van der Waals surface area contributed by atoms with Gasteiger partial charge in [-0.3, -0.25) is 4.57 Å². The van der Waals surface area contributed by atoms with E-state index in [4.69, 9.17) is 0 Å². The van der Waals surface area contributed by atoms with E-state index < -0.39 is 17.2 Å². The normalized spacial score (nSPS) is 16.5. The molecule has 1 atom stereocenters. The van der Waals surface area contributed by atoms with Crippen LogP contribution in [0.2, 0.25) is 0 Å². The third kappa shape index (κ3) is 4.21. The SMILES string of the molecule is CC(C)n1c(=O)nc(Nc2cccc(F)c2)n(CC2C=CC(F)=CC2)c1=O. The quantitative estimate of drug-likeness (QED) is 0.872. The summed E-state index contributed by atoms with van der Waals surface area (Å²) < 4.78 is 29.1. The van der Waals surface area contributed by atoms with E-state index in [1.54, 1.807) is 26.0 Å². The molecule has 1 unspecified atom stereocenters. The Labute approximate surface area is 154 Å². The maximum absolute atomic E-state index is 13.5. The standard InChI is InChI=1S/C19H20F2N4O2/c1-12(2)25-18(26)23-17(22-16-5-3-4-15(21)10-16)24(19(25)27)11-13-6-8-14(20)9-7-13/h3-6,8-10,12-13H,7,11H2,1-2H3,(H,22,23,26). The fourth-order valence-electron chi connectivity index (χ4n) is 2.91. The van der Waals surface area contributed by atoms with Crippen molar-refractivity contribution < 1.29 is 8.78 Å². The van der Waals surface area contributed by atoms with E-state index in [9.17, 15) is 18.4 Å². The van der Waals surface area contributed by atoms with E-state index in [1.807, 2.05) is 0 Å². The van der Waals surface area contributed by atoms with Gasteiger partial charge in [0.15, 0.2) is 0 Å². The zero-order chi connectivity index (χ0) is 19.6. The lowest BCUT2D eigenvalue weighted by atomic mass is 10.0. The van der Waals surface area contributed by atoms with Crippen LogP contribution in [-0.2, 0) is 6.54 Å². The van der Waals surface area contributed by atoms with E-state index >= 15 is 0 Å². The van der Waals surface area contributed by atoms with Crippen LogP contribution in [0.15, 0.2) is 57.9 Å². The van der Waals surface area contributed by atoms with Gasteiger partial charge in [-0.05, 0) is 56.5 Å². The highest BCUT2D eigenvalue weighted by Gasteiger charge is 2.19. The smallest absolute Gasteiger partial charge is 0.325 e. The van der Waals surface area contributed by atoms with Crippen LogP contribution < -0.4 is 16.7 Å². The minimum Gasteiger partial charge on any atom is -0.325 e. The first kappa shape index (κ1) is 18.8. The van der Waals surface area contributed by atoms with E-state index in [0.29, 0.717) is 12.1 Å². The first-order valence-electron chi connectivity index (χ1n) is 8.65. The molecular formula is C19H20F2N4O2. The molecule has 1 aromatic carbocycles. The Bertz CT molecular complexity index is 1020. The molecule has 1 aliphatic carbocycles. The predicted octanol–water partition coefficient (Wildman–Crippen LogP) is 3.30. The first-order valence-corrected chi connectivity index (χ1v) is 8.65. The zero-order valence-corrected chi connectivity index (χ0v) is 15.0. The largest absolute Gasteiger partial charge is 0.355 e. The summed E-state index contributed by atoms with van der Waals surface area (Å²) in [6.45, 7) is 3.64. The maximum atomic E-state index is 13.5. The summed E-state index contributed by atoms with van der Waals surface area (Å²) in [7, 11) is 0. The van der Waals surface area contributed by atoms with E-state index in [1.165, 1.54) is 34.9 Å². The molecule has 0 aliphatic heterocycles. The second kappa shape index (κ2) is 7.69.